The Bertz CT molecular complexity index is 975. The Morgan fingerprint density at radius 3 is 2.75 bits per heavy atom. The fourth-order valence-electron chi connectivity index (χ4n) is 2.49. The van der Waals surface area contributed by atoms with Crippen LogP contribution in [0.3, 0.4) is 0 Å². The highest BCUT2D eigenvalue weighted by molar-refractivity contribution is 6.03. The van der Waals surface area contributed by atoms with Crippen LogP contribution in [0.4, 0.5) is 14.5 Å². The number of benzene rings is 2. The number of hydrogen-bond donors (Lipinski definition) is 1. The van der Waals surface area contributed by atoms with Crippen molar-refractivity contribution in [3.05, 3.63) is 66.8 Å². The number of halogens is 2. The molecular weight excluding hydrogens is 370 g/mol. The van der Waals surface area contributed by atoms with Crippen LogP contribution < -0.4 is 14.8 Å². The van der Waals surface area contributed by atoms with Crippen LogP contribution in [0, 0.1) is 0 Å². The van der Waals surface area contributed by atoms with E-state index in [0.29, 0.717) is 11.4 Å². The van der Waals surface area contributed by atoms with Crippen LogP contribution in [0.15, 0.2) is 61.2 Å². The van der Waals surface area contributed by atoms with E-state index in [9.17, 15) is 13.6 Å². The third kappa shape index (κ3) is 4.50. The van der Waals surface area contributed by atoms with Crippen LogP contribution in [0.25, 0.3) is 11.8 Å². The molecule has 0 radical (unpaired) electrons. The molecule has 0 saturated heterocycles. The number of rotatable bonds is 7. The van der Waals surface area contributed by atoms with Crippen molar-refractivity contribution >= 4 is 17.7 Å². The highest BCUT2D eigenvalue weighted by atomic mass is 19.3. The summed E-state index contributed by atoms with van der Waals surface area (Å²) in [6.07, 6.45) is 5.47. The molecule has 1 aromatic heterocycles. The van der Waals surface area contributed by atoms with Gasteiger partial charge in [0.25, 0.3) is 0 Å². The first-order valence-corrected chi connectivity index (χ1v) is 8.13. The van der Waals surface area contributed by atoms with Crippen molar-refractivity contribution in [1.82, 2.24) is 14.8 Å². The number of methoxy groups -OCH3 is 1. The van der Waals surface area contributed by atoms with Gasteiger partial charge in [0.1, 0.15) is 12.7 Å². The summed E-state index contributed by atoms with van der Waals surface area (Å²) in [5.41, 5.74) is 1.42. The Morgan fingerprint density at radius 1 is 1.21 bits per heavy atom. The summed E-state index contributed by atoms with van der Waals surface area (Å²) in [6, 6.07) is 11.7. The Morgan fingerprint density at radius 2 is 2.04 bits per heavy atom. The Balaban J connectivity index is 1.81. The third-order valence-corrected chi connectivity index (χ3v) is 3.68. The summed E-state index contributed by atoms with van der Waals surface area (Å²) < 4.78 is 36.4. The van der Waals surface area contributed by atoms with Gasteiger partial charge in [-0.1, -0.05) is 24.3 Å². The molecule has 1 N–H and O–H groups in total. The molecule has 0 aliphatic rings. The first-order valence-electron chi connectivity index (χ1n) is 8.13. The number of nitrogens with one attached hydrogen (secondary N) is 1. The van der Waals surface area contributed by atoms with Crippen LogP contribution in [-0.4, -0.2) is 34.4 Å². The van der Waals surface area contributed by atoms with Gasteiger partial charge in [-0.25, -0.2) is 9.67 Å². The normalized spacial score (nSPS) is 11.0. The van der Waals surface area contributed by atoms with E-state index in [4.69, 9.17) is 4.74 Å². The van der Waals surface area contributed by atoms with Crippen molar-refractivity contribution in [1.29, 1.82) is 0 Å². The summed E-state index contributed by atoms with van der Waals surface area (Å²) in [5.74, 6) is -0.468. The van der Waals surface area contributed by atoms with Gasteiger partial charge in [0.05, 0.1) is 18.5 Å². The molecule has 0 aliphatic carbocycles. The standard InChI is InChI=1S/C19H16F2N4O3/c1-27-16-8-4-5-13(18(16)28-19(20)21)9-10-17(26)24-14-6-2-3-7-15(14)25-12-22-11-23-25/h2-12,19H,1H3,(H,24,26)/b10-9+. The lowest BCUT2D eigenvalue weighted by molar-refractivity contribution is -0.111. The molecule has 2 aromatic carbocycles. The van der Waals surface area contributed by atoms with E-state index in [2.05, 4.69) is 20.1 Å². The fourth-order valence-corrected chi connectivity index (χ4v) is 2.49. The summed E-state index contributed by atoms with van der Waals surface area (Å²) in [4.78, 5) is 16.2. The molecule has 0 unspecified atom stereocenters. The number of nitrogens with zero attached hydrogens (tertiary/aromatic N) is 3. The number of carbonyl (C=O) groups excluding carboxylic acids is 1. The second-order valence-electron chi connectivity index (χ2n) is 5.44. The van der Waals surface area contributed by atoms with E-state index in [1.807, 2.05) is 0 Å². The van der Waals surface area contributed by atoms with E-state index < -0.39 is 12.5 Å². The molecule has 7 nitrogen and oxygen atoms in total. The number of amides is 1. The van der Waals surface area contributed by atoms with E-state index in [-0.39, 0.29) is 17.1 Å². The zero-order valence-electron chi connectivity index (χ0n) is 14.8. The zero-order chi connectivity index (χ0) is 19.9. The molecule has 3 rings (SSSR count). The minimum absolute atomic E-state index is 0.138. The first-order chi connectivity index (χ1) is 13.6. The molecule has 28 heavy (non-hydrogen) atoms. The van der Waals surface area contributed by atoms with Crippen molar-refractivity contribution in [2.75, 3.05) is 12.4 Å². The molecule has 0 fully saturated rings. The third-order valence-electron chi connectivity index (χ3n) is 3.68. The van der Waals surface area contributed by atoms with Crippen molar-refractivity contribution in [3.63, 3.8) is 0 Å². The Labute approximate surface area is 159 Å². The molecule has 0 saturated carbocycles. The van der Waals surface area contributed by atoms with Crippen molar-refractivity contribution in [3.8, 4) is 17.2 Å². The molecule has 144 valence electrons. The molecule has 0 spiro atoms. The number of hydrogen-bond acceptors (Lipinski definition) is 5. The molecule has 3 aromatic rings. The van der Waals surface area contributed by atoms with Crippen LogP contribution >= 0.6 is 0 Å². The van der Waals surface area contributed by atoms with Crippen molar-refractivity contribution < 1.29 is 23.0 Å². The number of aromatic nitrogens is 3. The number of ether oxygens (including phenoxy) is 2. The SMILES string of the molecule is COc1cccc(/C=C/C(=O)Nc2ccccc2-n2cncn2)c1OC(F)F. The number of carbonyl (C=O) groups is 1. The van der Waals surface area contributed by atoms with E-state index in [0.717, 1.165) is 0 Å². The number of alkyl halides is 2. The van der Waals surface area contributed by atoms with E-state index >= 15 is 0 Å². The van der Waals surface area contributed by atoms with Gasteiger partial charge < -0.3 is 14.8 Å². The van der Waals surface area contributed by atoms with Gasteiger partial charge in [-0.15, -0.1) is 0 Å². The zero-order valence-corrected chi connectivity index (χ0v) is 14.8. The number of anilines is 1. The highest BCUT2D eigenvalue weighted by Gasteiger charge is 2.14. The monoisotopic (exact) mass is 386 g/mol. The summed E-state index contributed by atoms with van der Waals surface area (Å²) in [6.45, 7) is -3.02. The number of para-hydroxylation sites is 3. The predicted molar refractivity (Wildman–Crippen MR) is 98.6 cm³/mol. The highest BCUT2D eigenvalue weighted by Crippen LogP contribution is 2.33. The van der Waals surface area contributed by atoms with Crippen LogP contribution in [-0.2, 0) is 4.79 Å². The van der Waals surface area contributed by atoms with Crippen molar-refractivity contribution in [2.24, 2.45) is 0 Å². The lowest BCUT2D eigenvalue weighted by atomic mass is 10.1. The van der Waals surface area contributed by atoms with E-state index in [1.165, 1.54) is 48.7 Å². The molecule has 1 heterocycles. The van der Waals surface area contributed by atoms with Gasteiger partial charge in [-0.2, -0.15) is 13.9 Å². The maximum absolute atomic E-state index is 12.7. The van der Waals surface area contributed by atoms with Gasteiger partial charge in [0.15, 0.2) is 11.5 Å². The quantitative estimate of drug-likeness (QED) is 0.629. The fraction of sp³-hybridized carbons (Fsp3) is 0.105. The molecule has 0 aliphatic heterocycles. The lowest BCUT2D eigenvalue weighted by Crippen LogP contribution is -2.11. The average molecular weight is 386 g/mol. The maximum atomic E-state index is 12.7. The van der Waals surface area contributed by atoms with Crippen LogP contribution in [0.2, 0.25) is 0 Å². The lowest BCUT2D eigenvalue weighted by Gasteiger charge is -2.12. The molecule has 9 heteroatoms. The van der Waals surface area contributed by atoms with Crippen molar-refractivity contribution in [2.45, 2.75) is 6.61 Å². The molecule has 1 amide bonds. The second-order valence-corrected chi connectivity index (χ2v) is 5.44. The molecular formula is C19H16F2N4O3. The minimum atomic E-state index is -3.02. The predicted octanol–water partition coefficient (Wildman–Crippen LogP) is 3.53. The van der Waals surface area contributed by atoms with E-state index in [1.54, 1.807) is 30.3 Å². The average Bonchev–Trinajstić information content (AvgIpc) is 3.21. The smallest absolute Gasteiger partial charge is 0.387 e. The largest absolute Gasteiger partial charge is 0.493 e. The van der Waals surface area contributed by atoms with Gasteiger partial charge in [0.2, 0.25) is 5.91 Å². The Kier molecular flexibility index (Phi) is 5.95. The maximum Gasteiger partial charge on any atom is 0.387 e. The second kappa shape index (κ2) is 8.76. The molecule has 0 atom stereocenters. The minimum Gasteiger partial charge on any atom is -0.493 e. The Hall–Kier alpha value is -3.75. The van der Waals surface area contributed by atoms with Crippen LogP contribution in [0.1, 0.15) is 5.56 Å². The molecule has 0 bridgehead atoms. The van der Waals surface area contributed by atoms with Gasteiger partial charge >= 0.3 is 6.61 Å². The first kappa shape index (κ1) is 19.0. The summed E-state index contributed by atoms with van der Waals surface area (Å²) in [5, 5.41) is 6.76. The summed E-state index contributed by atoms with van der Waals surface area (Å²) in [7, 11) is 1.34. The summed E-state index contributed by atoms with van der Waals surface area (Å²) >= 11 is 0. The van der Waals surface area contributed by atoms with Crippen LogP contribution in [0.5, 0.6) is 11.5 Å². The van der Waals surface area contributed by atoms with Gasteiger partial charge in [0, 0.05) is 11.6 Å². The topological polar surface area (TPSA) is 78.3 Å². The van der Waals surface area contributed by atoms with Gasteiger partial charge in [-0.3, -0.25) is 4.79 Å². The van der Waals surface area contributed by atoms with Gasteiger partial charge in [-0.05, 0) is 24.3 Å².